The monoisotopic (exact) mass is 296 g/mol. The molecule has 4 nitrogen and oxygen atoms in total. The van der Waals surface area contributed by atoms with Crippen LogP contribution in [0.4, 0.5) is 0 Å². The van der Waals surface area contributed by atoms with Gasteiger partial charge in [0.05, 0.1) is 5.56 Å². The van der Waals surface area contributed by atoms with E-state index in [4.69, 9.17) is 0 Å². The number of aromatic amines is 1. The second-order valence-electron chi connectivity index (χ2n) is 5.87. The lowest BCUT2D eigenvalue weighted by molar-refractivity contribution is 0.0690. The van der Waals surface area contributed by atoms with Crippen LogP contribution in [-0.4, -0.2) is 28.9 Å². The third-order valence-corrected chi connectivity index (χ3v) is 4.30. The molecule has 2 heterocycles. The standard InChI is InChI=1S/C18H20N2O2/c21-17-7-6-16(13-19-17)18(22)20-10-8-15(9-11-20)12-14-4-2-1-3-5-14/h1-7,13,15H,8-12H2,(H,19,21). The van der Waals surface area contributed by atoms with E-state index in [-0.39, 0.29) is 11.5 Å². The predicted molar refractivity (Wildman–Crippen MR) is 85.8 cm³/mol. The van der Waals surface area contributed by atoms with Crippen LogP contribution in [-0.2, 0) is 6.42 Å². The van der Waals surface area contributed by atoms with Crippen molar-refractivity contribution in [2.24, 2.45) is 5.92 Å². The average Bonchev–Trinajstić information content (AvgIpc) is 2.57. The van der Waals surface area contributed by atoms with E-state index in [0.717, 1.165) is 32.4 Å². The van der Waals surface area contributed by atoms with Gasteiger partial charge in [-0.15, -0.1) is 0 Å². The maximum absolute atomic E-state index is 12.4. The van der Waals surface area contributed by atoms with Crippen LogP contribution >= 0.6 is 0 Å². The Kier molecular flexibility index (Phi) is 4.37. The average molecular weight is 296 g/mol. The van der Waals surface area contributed by atoms with Crippen molar-refractivity contribution < 1.29 is 4.79 Å². The molecule has 1 aromatic heterocycles. The van der Waals surface area contributed by atoms with Crippen molar-refractivity contribution in [1.29, 1.82) is 0 Å². The summed E-state index contributed by atoms with van der Waals surface area (Å²) in [7, 11) is 0. The molecular weight excluding hydrogens is 276 g/mol. The number of amides is 1. The highest BCUT2D eigenvalue weighted by molar-refractivity contribution is 5.93. The number of hydrogen-bond donors (Lipinski definition) is 1. The van der Waals surface area contributed by atoms with E-state index in [1.54, 1.807) is 6.07 Å². The third kappa shape index (κ3) is 3.45. The van der Waals surface area contributed by atoms with Gasteiger partial charge in [0, 0.05) is 25.4 Å². The van der Waals surface area contributed by atoms with Gasteiger partial charge in [0.25, 0.3) is 5.91 Å². The molecule has 1 aromatic carbocycles. The molecule has 114 valence electrons. The first kappa shape index (κ1) is 14.6. The van der Waals surface area contributed by atoms with Crippen molar-refractivity contribution in [3.05, 3.63) is 70.1 Å². The van der Waals surface area contributed by atoms with E-state index in [2.05, 4.69) is 29.2 Å². The highest BCUT2D eigenvalue weighted by Crippen LogP contribution is 2.22. The zero-order valence-electron chi connectivity index (χ0n) is 12.5. The van der Waals surface area contributed by atoms with E-state index in [0.29, 0.717) is 11.5 Å². The maximum atomic E-state index is 12.4. The summed E-state index contributed by atoms with van der Waals surface area (Å²) in [5.74, 6) is 0.649. The summed E-state index contributed by atoms with van der Waals surface area (Å²) >= 11 is 0. The molecule has 3 rings (SSSR count). The summed E-state index contributed by atoms with van der Waals surface area (Å²) in [4.78, 5) is 27.9. The number of pyridine rings is 1. The minimum absolute atomic E-state index is 0.00871. The molecule has 0 saturated carbocycles. The van der Waals surface area contributed by atoms with Gasteiger partial charge < -0.3 is 9.88 Å². The van der Waals surface area contributed by atoms with Gasteiger partial charge in [0.1, 0.15) is 0 Å². The summed E-state index contributed by atoms with van der Waals surface area (Å²) in [6, 6.07) is 13.5. The van der Waals surface area contributed by atoms with Crippen LogP contribution in [0, 0.1) is 5.92 Å². The Labute approximate surface area is 129 Å². The van der Waals surface area contributed by atoms with Crippen molar-refractivity contribution in [3.63, 3.8) is 0 Å². The van der Waals surface area contributed by atoms with E-state index >= 15 is 0 Å². The van der Waals surface area contributed by atoms with Crippen LogP contribution in [0.2, 0.25) is 0 Å². The number of rotatable bonds is 3. The molecule has 1 saturated heterocycles. The summed E-state index contributed by atoms with van der Waals surface area (Å²) in [6.07, 6.45) is 4.65. The van der Waals surface area contributed by atoms with Gasteiger partial charge in [0.2, 0.25) is 5.56 Å². The zero-order valence-corrected chi connectivity index (χ0v) is 12.5. The summed E-state index contributed by atoms with van der Waals surface area (Å²) in [5, 5.41) is 0. The highest BCUT2D eigenvalue weighted by atomic mass is 16.2. The Bertz CT molecular complexity index is 665. The molecule has 1 fully saturated rings. The topological polar surface area (TPSA) is 53.2 Å². The van der Waals surface area contributed by atoms with Crippen LogP contribution < -0.4 is 5.56 Å². The number of likely N-dealkylation sites (tertiary alicyclic amines) is 1. The molecule has 0 bridgehead atoms. The summed E-state index contributed by atoms with van der Waals surface area (Å²) in [5.41, 5.74) is 1.74. The molecule has 1 aliphatic heterocycles. The van der Waals surface area contributed by atoms with Crippen LogP contribution in [0.15, 0.2) is 53.5 Å². The molecule has 2 aromatic rings. The second-order valence-corrected chi connectivity index (χ2v) is 5.87. The van der Waals surface area contributed by atoms with Gasteiger partial charge in [-0.1, -0.05) is 30.3 Å². The number of piperidine rings is 1. The fraction of sp³-hybridized carbons (Fsp3) is 0.333. The molecule has 0 aliphatic carbocycles. The molecule has 0 spiro atoms. The van der Waals surface area contributed by atoms with Crippen molar-refractivity contribution in [2.45, 2.75) is 19.3 Å². The fourth-order valence-corrected chi connectivity index (χ4v) is 3.01. The van der Waals surface area contributed by atoms with E-state index < -0.39 is 0 Å². The molecule has 1 amide bonds. The summed E-state index contributed by atoms with van der Waals surface area (Å²) in [6.45, 7) is 1.57. The zero-order chi connectivity index (χ0) is 15.4. The number of carbonyl (C=O) groups excluding carboxylic acids is 1. The lowest BCUT2D eigenvalue weighted by Crippen LogP contribution is -2.39. The number of nitrogens with one attached hydrogen (secondary N) is 1. The van der Waals surface area contributed by atoms with E-state index in [1.165, 1.54) is 17.8 Å². The number of aromatic nitrogens is 1. The Hall–Kier alpha value is -2.36. The van der Waals surface area contributed by atoms with Crippen molar-refractivity contribution >= 4 is 5.91 Å². The SMILES string of the molecule is O=C(c1ccc(=O)[nH]c1)N1CCC(Cc2ccccc2)CC1. The number of hydrogen-bond acceptors (Lipinski definition) is 2. The van der Waals surface area contributed by atoms with E-state index in [1.807, 2.05) is 11.0 Å². The Morgan fingerprint density at radius 1 is 1.09 bits per heavy atom. The van der Waals surface area contributed by atoms with Gasteiger partial charge in [-0.2, -0.15) is 0 Å². The Balaban J connectivity index is 1.56. The van der Waals surface area contributed by atoms with Crippen molar-refractivity contribution in [2.75, 3.05) is 13.1 Å². The molecule has 1 aliphatic rings. The van der Waals surface area contributed by atoms with Gasteiger partial charge in [-0.3, -0.25) is 9.59 Å². The van der Waals surface area contributed by atoms with E-state index in [9.17, 15) is 9.59 Å². The Morgan fingerprint density at radius 2 is 1.82 bits per heavy atom. The fourth-order valence-electron chi connectivity index (χ4n) is 3.01. The lowest BCUT2D eigenvalue weighted by atomic mass is 9.90. The smallest absolute Gasteiger partial charge is 0.255 e. The molecule has 0 atom stereocenters. The lowest BCUT2D eigenvalue weighted by Gasteiger charge is -2.32. The van der Waals surface area contributed by atoms with Gasteiger partial charge in [0.15, 0.2) is 0 Å². The highest BCUT2D eigenvalue weighted by Gasteiger charge is 2.23. The third-order valence-electron chi connectivity index (χ3n) is 4.30. The number of carbonyl (C=O) groups is 1. The number of H-pyrrole nitrogens is 1. The van der Waals surface area contributed by atoms with Crippen molar-refractivity contribution in [3.8, 4) is 0 Å². The van der Waals surface area contributed by atoms with Crippen LogP contribution in [0.3, 0.4) is 0 Å². The predicted octanol–water partition coefficient (Wildman–Crippen LogP) is 2.47. The van der Waals surface area contributed by atoms with Gasteiger partial charge in [-0.05, 0) is 36.8 Å². The Morgan fingerprint density at radius 3 is 2.45 bits per heavy atom. The van der Waals surface area contributed by atoms with Crippen LogP contribution in [0.1, 0.15) is 28.8 Å². The normalized spacial score (nSPS) is 15.7. The number of nitrogens with zero attached hydrogens (tertiary/aromatic N) is 1. The molecule has 0 unspecified atom stereocenters. The first-order chi connectivity index (χ1) is 10.7. The second kappa shape index (κ2) is 6.60. The molecule has 4 heteroatoms. The molecule has 22 heavy (non-hydrogen) atoms. The number of benzene rings is 1. The largest absolute Gasteiger partial charge is 0.339 e. The van der Waals surface area contributed by atoms with Crippen molar-refractivity contribution in [1.82, 2.24) is 9.88 Å². The maximum Gasteiger partial charge on any atom is 0.255 e. The van der Waals surface area contributed by atoms with Gasteiger partial charge >= 0.3 is 0 Å². The first-order valence-corrected chi connectivity index (χ1v) is 7.74. The molecule has 1 N–H and O–H groups in total. The minimum Gasteiger partial charge on any atom is -0.339 e. The van der Waals surface area contributed by atoms with Crippen LogP contribution in [0.5, 0.6) is 0 Å². The van der Waals surface area contributed by atoms with Gasteiger partial charge in [-0.25, -0.2) is 0 Å². The molecule has 0 radical (unpaired) electrons. The van der Waals surface area contributed by atoms with Crippen LogP contribution in [0.25, 0.3) is 0 Å². The minimum atomic E-state index is -0.182. The first-order valence-electron chi connectivity index (χ1n) is 7.74. The summed E-state index contributed by atoms with van der Waals surface area (Å²) < 4.78 is 0. The quantitative estimate of drug-likeness (QED) is 0.946. The molecular formula is C18H20N2O2.